The number of carbonyl (C=O) groups is 3. The summed E-state index contributed by atoms with van der Waals surface area (Å²) in [7, 11) is 3.02. The van der Waals surface area contributed by atoms with Gasteiger partial charge in [0.2, 0.25) is 0 Å². The first kappa shape index (κ1) is 19.3. The van der Waals surface area contributed by atoms with E-state index in [0.717, 1.165) is 0 Å². The largest absolute Gasteiger partial charge is 0.497 e. The lowest BCUT2D eigenvalue weighted by Gasteiger charge is -2.12. The Morgan fingerprint density at radius 1 is 1.20 bits per heavy atom. The highest BCUT2D eigenvalue weighted by atomic mass is 32.2. The standard InChI is InChI=1S/C18H22O6S/c1-10(25-4)5-15-17(20)16(18(21)24-15)14(19)8-11-6-12(22-2)9-13(7-11)23-3/h6-7,9-10,15-16H,5,8H2,1-4H3. The van der Waals surface area contributed by atoms with Crippen molar-refractivity contribution in [3.05, 3.63) is 23.8 Å². The molecule has 1 heterocycles. The molecule has 25 heavy (non-hydrogen) atoms. The lowest BCUT2D eigenvalue weighted by Crippen LogP contribution is -2.30. The van der Waals surface area contributed by atoms with E-state index in [9.17, 15) is 14.4 Å². The molecule has 1 aromatic rings. The van der Waals surface area contributed by atoms with Crippen LogP contribution in [0.3, 0.4) is 0 Å². The highest BCUT2D eigenvalue weighted by Gasteiger charge is 2.47. The normalized spacial score (nSPS) is 21.0. The summed E-state index contributed by atoms with van der Waals surface area (Å²) >= 11 is 1.58. The Hall–Kier alpha value is -2.02. The van der Waals surface area contributed by atoms with Crippen LogP contribution >= 0.6 is 11.8 Å². The van der Waals surface area contributed by atoms with Gasteiger partial charge in [0.25, 0.3) is 0 Å². The number of cyclic esters (lactones) is 1. The van der Waals surface area contributed by atoms with Gasteiger partial charge in [-0.15, -0.1) is 0 Å². The summed E-state index contributed by atoms with van der Waals surface area (Å²) in [5.74, 6) is -1.92. The number of esters is 1. The van der Waals surface area contributed by atoms with Crippen LogP contribution in [-0.2, 0) is 25.5 Å². The number of rotatable bonds is 8. The lowest BCUT2D eigenvalue weighted by atomic mass is 9.92. The van der Waals surface area contributed by atoms with Gasteiger partial charge in [-0.3, -0.25) is 14.4 Å². The van der Waals surface area contributed by atoms with Gasteiger partial charge in [0.1, 0.15) is 11.5 Å². The minimum atomic E-state index is -1.34. The molecule has 0 amide bonds. The number of hydrogen-bond acceptors (Lipinski definition) is 7. The molecule has 6 nitrogen and oxygen atoms in total. The summed E-state index contributed by atoms with van der Waals surface area (Å²) in [6.45, 7) is 1.95. The molecule has 0 N–H and O–H groups in total. The van der Waals surface area contributed by atoms with Gasteiger partial charge >= 0.3 is 5.97 Å². The Morgan fingerprint density at radius 3 is 2.32 bits per heavy atom. The van der Waals surface area contributed by atoms with E-state index in [4.69, 9.17) is 14.2 Å². The highest BCUT2D eigenvalue weighted by molar-refractivity contribution is 7.99. The number of hydrogen-bond donors (Lipinski definition) is 0. The van der Waals surface area contributed by atoms with Crippen LogP contribution in [0, 0.1) is 5.92 Å². The summed E-state index contributed by atoms with van der Waals surface area (Å²) in [6, 6.07) is 5.04. The van der Waals surface area contributed by atoms with Crippen molar-refractivity contribution in [3.8, 4) is 11.5 Å². The molecular weight excluding hydrogens is 344 g/mol. The minimum Gasteiger partial charge on any atom is -0.497 e. The molecule has 1 aliphatic heterocycles. The van der Waals surface area contributed by atoms with E-state index in [1.165, 1.54) is 14.2 Å². The second kappa shape index (κ2) is 8.38. The third-order valence-corrected chi connectivity index (χ3v) is 5.15. The lowest BCUT2D eigenvalue weighted by molar-refractivity contribution is -0.146. The smallest absolute Gasteiger partial charge is 0.325 e. The van der Waals surface area contributed by atoms with Crippen LogP contribution in [0.5, 0.6) is 11.5 Å². The van der Waals surface area contributed by atoms with Crippen molar-refractivity contribution in [3.63, 3.8) is 0 Å². The monoisotopic (exact) mass is 366 g/mol. The van der Waals surface area contributed by atoms with Gasteiger partial charge in [0.05, 0.1) is 14.2 Å². The maximum Gasteiger partial charge on any atom is 0.325 e. The molecule has 1 aliphatic rings. The first-order chi connectivity index (χ1) is 11.9. The number of thioether (sulfide) groups is 1. The Kier molecular flexibility index (Phi) is 6.47. The zero-order valence-electron chi connectivity index (χ0n) is 14.7. The molecule has 1 aromatic carbocycles. The molecule has 1 saturated heterocycles. The van der Waals surface area contributed by atoms with Crippen molar-refractivity contribution in [1.82, 2.24) is 0 Å². The summed E-state index contributed by atoms with van der Waals surface area (Å²) in [5.41, 5.74) is 0.614. The van der Waals surface area contributed by atoms with Gasteiger partial charge in [0, 0.05) is 24.2 Å². The molecule has 0 aliphatic carbocycles. The molecule has 0 spiro atoms. The van der Waals surface area contributed by atoms with Gasteiger partial charge in [-0.2, -0.15) is 11.8 Å². The Balaban J connectivity index is 2.13. The molecule has 136 valence electrons. The maximum atomic E-state index is 12.5. The van der Waals surface area contributed by atoms with Crippen LogP contribution in [0.15, 0.2) is 18.2 Å². The fourth-order valence-electron chi connectivity index (χ4n) is 2.69. The Bertz CT molecular complexity index is 649. The minimum absolute atomic E-state index is 0.0656. The summed E-state index contributed by atoms with van der Waals surface area (Å²) < 4.78 is 15.5. The molecule has 0 aromatic heterocycles. The fourth-order valence-corrected chi connectivity index (χ4v) is 3.06. The average molecular weight is 366 g/mol. The zero-order valence-corrected chi connectivity index (χ0v) is 15.6. The van der Waals surface area contributed by atoms with Crippen LogP contribution in [-0.4, -0.2) is 49.4 Å². The van der Waals surface area contributed by atoms with E-state index in [2.05, 4.69) is 0 Å². The highest BCUT2D eigenvalue weighted by Crippen LogP contribution is 2.27. The zero-order chi connectivity index (χ0) is 18.6. The van der Waals surface area contributed by atoms with Crippen LogP contribution in [0.2, 0.25) is 0 Å². The molecular formula is C18H22O6S. The second-order valence-electron chi connectivity index (χ2n) is 5.91. The van der Waals surface area contributed by atoms with E-state index in [-0.39, 0.29) is 11.7 Å². The molecule has 3 unspecified atom stereocenters. The van der Waals surface area contributed by atoms with Crippen LogP contribution in [0.25, 0.3) is 0 Å². The molecule has 0 bridgehead atoms. The molecule has 1 fully saturated rings. The van der Waals surface area contributed by atoms with E-state index < -0.39 is 29.6 Å². The van der Waals surface area contributed by atoms with Crippen LogP contribution in [0.4, 0.5) is 0 Å². The SMILES string of the molecule is COc1cc(CC(=O)C2C(=O)OC(CC(C)SC)C2=O)cc(OC)c1. The third-order valence-electron chi connectivity index (χ3n) is 4.16. The third kappa shape index (κ3) is 4.54. The number of methoxy groups -OCH3 is 2. The summed E-state index contributed by atoms with van der Waals surface area (Å²) in [6.07, 6.45) is 1.45. The fraction of sp³-hybridized carbons (Fsp3) is 0.500. The van der Waals surface area contributed by atoms with Crippen molar-refractivity contribution in [1.29, 1.82) is 0 Å². The first-order valence-corrected chi connectivity index (χ1v) is 9.20. The van der Waals surface area contributed by atoms with Gasteiger partial charge in [-0.1, -0.05) is 6.92 Å². The number of carbonyl (C=O) groups excluding carboxylic acids is 3. The maximum absolute atomic E-state index is 12.5. The molecule has 2 rings (SSSR count). The quantitative estimate of drug-likeness (QED) is 0.515. The van der Waals surface area contributed by atoms with Crippen molar-refractivity contribution in [2.24, 2.45) is 5.92 Å². The van der Waals surface area contributed by atoms with E-state index in [1.807, 2.05) is 13.2 Å². The van der Waals surface area contributed by atoms with E-state index in [0.29, 0.717) is 23.5 Å². The van der Waals surface area contributed by atoms with Gasteiger partial charge in [0.15, 0.2) is 23.6 Å². The Labute approximate surface area is 151 Å². The average Bonchev–Trinajstić information content (AvgIpc) is 2.87. The number of ether oxygens (including phenoxy) is 3. The predicted octanol–water partition coefficient (Wildman–Crippen LogP) is 2.07. The van der Waals surface area contributed by atoms with E-state index in [1.54, 1.807) is 30.0 Å². The van der Waals surface area contributed by atoms with Gasteiger partial charge in [-0.05, 0) is 24.0 Å². The van der Waals surface area contributed by atoms with Gasteiger partial charge in [-0.25, -0.2) is 0 Å². The topological polar surface area (TPSA) is 78.9 Å². The summed E-state index contributed by atoms with van der Waals surface area (Å²) in [4.78, 5) is 37.0. The summed E-state index contributed by atoms with van der Waals surface area (Å²) in [5, 5.41) is 0.165. The molecule has 0 radical (unpaired) electrons. The van der Waals surface area contributed by atoms with Crippen molar-refractivity contribution >= 4 is 29.3 Å². The van der Waals surface area contributed by atoms with E-state index >= 15 is 0 Å². The second-order valence-corrected chi connectivity index (χ2v) is 7.18. The van der Waals surface area contributed by atoms with Crippen molar-refractivity contribution in [2.75, 3.05) is 20.5 Å². The van der Waals surface area contributed by atoms with Crippen molar-refractivity contribution in [2.45, 2.75) is 31.1 Å². The van der Waals surface area contributed by atoms with Crippen LogP contribution < -0.4 is 9.47 Å². The number of benzene rings is 1. The van der Waals surface area contributed by atoms with Gasteiger partial charge < -0.3 is 14.2 Å². The molecule has 7 heteroatoms. The molecule has 0 saturated carbocycles. The predicted molar refractivity (Wildman–Crippen MR) is 94.2 cm³/mol. The first-order valence-electron chi connectivity index (χ1n) is 7.91. The number of ketones is 2. The Morgan fingerprint density at radius 2 is 1.80 bits per heavy atom. The number of Topliss-reactive ketones (excluding diaryl/α,β-unsaturated/α-hetero) is 2. The van der Waals surface area contributed by atoms with Crippen LogP contribution in [0.1, 0.15) is 18.9 Å². The van der Waals surface area contributed by atoms with Crippen molar-refractivity contribution < 1.29 is 28.6 Å². The molecule has 3 atom stereocenters.